The van der Waals surface area contributed by atoms with Gasteiger partial charge in [0.15, 0.2) is 11.6 Å². The summed E-state index contributed by atoms with van der Waals surface area (Å²) in [5, 5.41) is 3.22. The van der Waals surface area contributed by atoms with E-state index in [1.54, 1.807) is 7.11 Å². The molecule has 0 unspecified atom stereocenters. The smallest absolute Gasteiger partial charge is 0.203 e. The third-order valence-corrected chi connectivity index (χ3v) is 3.05. The van der Waals surface area contributed by atoms with Crippen LogP contribution in [0.2, 0.25) is 0 Å². The van der Waals surface area contributed by atoms with Gasteiger partial charge in [-0.1, -0.05) is 6.42 Å². The zero-order valence-electron chi connectivity index (χ0n) is 10.4. The van der Waals surface area contributed by atoms with E-state index in [1.165, 1.54) is 24.9 Å². The van der Waals surface area contributed by atoms with Crippen molar-refractivity contribution >= 4 is 23.4 Å². The van der Waals surface area contributed by atoms with Gasteiger partial charge in [-0.25, -0.2) is 9.97 Å². The highest BCUT2D eigenvalue weighted by molar-refractivity contribution is 7.98. The van der Waals surface area contributed by atoms with Crippen molar-refractivity contribution in [1.82, 2.24) is 9.97 Å². The SMILES string of the molecule is COc1c(N)ncnc1NCCCCCSC. The van der Waals surface area contributed by atoms with Crippen molar-refractivity contribution in [2.24, 2.45) is 0 Å². The lowest BCUT2D eigenvalue weighted by atomic mass is 10.2. The number of aromatic nitrogens is 2. The maximum Gasteiger partial charge on any atom is 0.203 e. The normalized spacial score (nSPS) is 10.2. The van der Waals surface area contributed by atoms with Crippen LogP contribution in [0.4, 0.5) is 11.6 Å². The van der Waals surface area contributed by atoms with E-state index in [2.05, 4.69) is 21.5 Å². The molecule has 0 bridgehead atoms. The fourth-order valence-corrected chi connectivity index (χ4v) is 1.96. The summed E-state index contributed by atoms with van der Waals surface area (Å²) >= 11 is 1.89. The number of nitrogen functional groups attached to an aromatic ring is 1. The maximum atomic E-state index is 5.68. The van der Waals surface area contributed by atoms with Gasteiger partial charge in [-0.15, -0.1) is 0 Å². The zero-order valence-corrected chi connectivity index (χ0v) is 11.2. The molecular weight excluding hydrogens is 236 g/mol. The van der Waals surface area contributed by atoms with E-state index in [0.29, 0.717) is 17.4 Å². The van der Waals surface area contributed by atoms with Gasteiger partial charge in [0.05, 0.1) is 7.11 Å². The molecule has 3 N–H and O–H groups in total. The Morgan fingerprint density at radius 2 is 2.18 bits per heavy atom. The van der Waals surface area contributed by atoms with Gasteiger partial charge in [-0.3, -0.25) is 0 Å². The van der Waals surface area contributed by atoms with E-state index >= 15 is 0 Å². The molecule has 1 aromatic heterocycles. The summed E-state index contributed by atoms with van der Waals surface area (Å²) in [4.78, 5) is 7.99. The molecule has 0 saturated carbocycles. The van der Waals surface area contributed by atoms with Gasteiger partial charge in [0.1, 0.15) is 6.33 Å². The summed E-state index contributed by atoms with van der Waals surface area (Å²) in [6, 6.07) is 0. The van der Waals surface area contributed by atoms with Crippen LogP contribution in [0.5, 0.6) is 5.75 Å². The third-order valence-electron chi connectivity index (χ3n) is 2.35. The largest absolute Gasteiger partial charge is 0.490 e. The summed E-state index contributed by atoms with van der Waals surface area (Å²) in [5.74, 6) is 2.79. The minimum Gasteiger partial charge on any atom is -0.490 e. The number of hydrogen-bond donors (Lipinski definition) is 2. The number of nitrogens with two attached hydrogens (primary N) is 1. The predicted molar refractivity (Wildman–Crippen MR) is 73.7 cm³/mol. The van der Waals surface area contributed by atoms with E-state index in [0.717, 1.165) is 13.0 Å². The molecule has 0 aliphatic carbocycles. The number of ether oxygens (including phenoxy) is 1. The van der Waals surface area contributed by atoms with Gasteiger partial charge < -0.3 is 15.8 Å². The Balaban J connectivity index is 2.33. The molecule has 0 fully saturated rings. The quantitative estimate of drug-likeness (QED) is 0.693. The average molecular weight is 256 g/mol. The Morgan fingerprint density at radius 3 is 2.88 bits per heavy atom. The molecule has 0 saturated heterocycles. The molecule has 1 rings (SSSR count). The van der Waals surface area contributed by atoms with Crippen LogP contribution in [-0.4, -0.2) is 35.6 Å². The Labute approximate surface area is 107 Å². The fourth-order valence-electron chi connectivity index (χ4n) is 1.47. The van der Waals surface area contributed by atoms with Crippen molar-refractivity contribution in [3.63, 3.8) is 0 Å². The Morgan fingerprint density at radius 1 is 1.35 bits per heavy atom. The molecule has 0 atom stereocenters. The topological polar surface area (TPSA) is 73.1 Å². The minimum absolute atomic E-state index is 0.368. The van der Waals surface area contributed by atoms with Crippen LogP contribution in [0.3, 0.4) is 0 Å². The summed E-state index contributed by atoms with van der Waals surface area (Å²) < 4.78 is 5.16. The second-order valence-electron chi connectivity index (χ2n) is 3.62. The molecule has 17 heavy (non-hydrogen) atoms. The molecule has 0 spiro atoms. The zero-order chi connectivity index (χ0) is 12.5. The summed E-state index contributed by atoms with van der Waals surface area (Å²) in [6.45, 7) is 0.876. The predicted octanol–water partition coefficient (Wildman–Crippen LogP) is 2.01. The summed E-state index contributed by atoms with van der Waals surface area (Å²) in [5.41, 5.74) is 5.68. The van der Waals surface area contributed by atoms with E-state index in [-0.39, 0.29) is 0 Å². The first-order valence-electron chi connectivity index (χ1n) is 5.67. The first-order chi connectivity index (χ1) is 8.29. The van der Waals surface area contributed by atoms with Crippen LogP contribution in [0.1, 0.15) is 19.3 Å². The number of methoxy groups -OCH3 is 1. The summed E-state index contributed by atoms with van der Waals surface area (Å²) in [7, 11) is 1.57. The highest BCUT2D eigenvalue weighted by Crippen LogP contribution is 2.25. The highest BCUT2D eigenvalue weighted by atomic mass is 32.2. The van der Waals surface area contributed by atoms with Crippen LogP contribution in [-0.2, 0) is 0 Å². The Bertz CT molecular complexity index is 335. The van der Waals surface area contributed by atoms with Crippen LogP contribution < -0.4 is 15.8 Å². The number of anilines is 2. The highest BCUT2D eigenvalue weighted by Gasteiger charge is 2.08. The van der Waals surface area contributed by atoms with Crippen LogP contribution in [0, 0.1) is 0 Å². The molecule has 0 aliphatic heterocycles. The van der Waals surface area contributed by atoms with Gasteiger partial charge >= 0.3 is 0 Å². The van der Waals surface area contributed by atoms with Crippen molar-refractivity contribution < 1.29 is 4.74 Å². The first kappa shape index (κ1) is 13.9. The van der Waals surface area contributed by atoms with Crippen molar-refractivity contribution in [3.8, 4) is 5.75 Å². The molecular formula is C11H20N4OS. The van der Waals surface area contributed by atoms with Gasteiger partial charge in [-0.2, -0.15) is 11.8 Å². The Hall–Kier alpha value is -1.17. The van der Waals surface area contributed by atoms with E-state index in [4.69, 9.17) is 10.5 Å². The molecule has 6 heteroatoms. The van der Waals surface area contributed by atoms with Crippen LogP contribution in [0.25, 0.3) is 0 Å². The molecule has 0 aliphatic rings. The maximum absolute atomic E-state index is 5.68. The first-order valence-corrected chi connectivity index (χ1v) is 7.06. The molecule has 1 aromatic rings. The lowest BCUT2D eigenvalue weighted by Crippen LogP contribution is -2.07. The molecule has 5 nitrogen and oxygen atoms in total. The monoisotopic (exact) mass is 256 g/mol. The van der Waals surface area contributed by atoms with E-state index in [9.17, 15) is 0 Å². The Kier molecular flexibility index (Phi) is 6.54. The number of thioether (sulfide) groups is 1. The lowest BCUT2D eigenvalue weighted by molar-refractivity contribution is 0.415. The van der Waals surface area contributed by atoms with Gasteiger partial charge in [0.25, 0.3) is 0 Å². The van der Waals surface area contributed by atoms with Crippen LogP contribution in [0.15, 0.2) is 6.33 Å². The minimum atomic E-state index is 0.368. The second-order valence-corrected chi connectivity index (χ2v) is 4.61. The molecule has 0 amide bonds. The molecule has 0 aromatic carbocycles. The van der Waals surface area contributed by atoms with E-state index < -0.39 is 0 Å². The average Bonchev–Trinajstić information content (AvgIpc) is 2.34. The van der Waals surface area contributed by atoms with E-state index in [1.807, 2.05) is 11.8 Å². The van der Waals surface area contributed by atoms with Gasteiger partial charge in [-0.05, 0) is 24.9 Å². The molecule has 0 radical (unpaired) electrons. The standard InChI is InChI=1S/C11H20N4OS/c1-16-9-10(12)14-8-15-11(9)13-6-4-3-5-7-17-2/h8H,3-7H2,1-2H3,(H3,12,13,14,15). The second kappa shape index (κ2) is 8.00. The number of nitrogens with zero attached hydrogens (tertiary/aromatic N) is 2. The van der Waals surface area contributed by atoms with Crippen molar-refractivity contribution in [1.29, 1.82) is 0 Å². The van der Waals surface area contributed by atoms with Crippen molar-refractivity contribution in [2.45, 2.75) is 19.3 Å². The number of unbranched alkanes of at least 4 members (excludes halogenated alkanes) is 2. The number of hydrogen-bond acceptors (Lipinski definition) is 6. The van der Waals surface area contributed by atoms with Gasteiger partial charge in [0.2, 0.25) is 5.75 Å². The summed E-state index contributed by atoms with van der Waals surface area (Å²) in [6.07, 6.45) is 7.16. The van der Waals surface area contributed by atoms with Gasteiger partial charge in [0, 0.05) is 6.54 Å². The third kappa shape index (κ3) is 4.68. The molecule has 96 valence electrons. The fraction of sp³-hybridized carbons (Fsp3) is 0.636. The number of nitrogens with one attached hydrogen (secondary N) is 1. The molecule has 1 heterocycles. The lowest BCUT2D eigenvalue weighted by Gasteiger charge is -2.10. The number of rotatable bonds is 8. The van der Waals surface area contributed by atoms with Crippen molar-refractivity contribution in [3.05, 3.63) is 6.33 Å². The van der Waals surface area contributed by atoms with Crippen molar-refractivity contribution in [2.75, 3.05) is 36.7 Å². The van der Waals surface area contributed by atoms with Crippen LogP contribution >= 0.6 is 11.8 Å².